The molecule has 0 fully saturated rings. The third-order valence-corrected chi connectivity index (χ3v) is 4.90. The Bertz CT molecular complexity index is 884. The number of esters is 1. The first-order valence-corrected chi connectivity index (χ1v) is 10.7. The zero-order valence-corrected chi connectivity index (χ0v) is 18.6. The summed E-state index contributed by atoms with van der Waals surface area (Å²) in [6, 6.07) is 12.1. The monoisotopic (exact) mass is 444 g/mol. The normalized spacial score (nSPS) is 13.2. The molecule has 0 saturated carbocycles. The third-order valence-electron chi connectivity index (χ3n) is 4.90. The molecule has 0 aromatic heterocycles. The summed E-state index contributed by atoms with van der Waals surface area (Å²) in [7, 11) is 0. The molecule has 2 unspecified atom stereocenters. The van der Waals surface area contributed by atoms with Gasteiger partial charge in [-0.05, 0) is 59.4 Å². The summed E-state index contributed by atoms with van der Waals surface area (Å²) < 4.78 is 31.8. The standard InChI is InChI=1S/C26H30F2O4/c1-4-32-25(31)16-23(30)15-22(29)13-14-24(17(2)3)26(18-5-9-20(27)10-6-18)19-7-11-21(28)12-8-19/h5-14,17,22-23,29-30H,4,15-16H2,1-3H3. The predicted octanol–water partition coefficient (Wildman–Crippen LogP) is 5.04. The number of aliphatic hydroxyl groups is 2. The molecule has 2 N–H and O–H groups in total. The number of carbonyl (C=O) groups excluding carboxylic acids is 1. The Labute approximate surface area is 187 Å². The van der Waals surface area contributed by atoms with Gasteiger partial charge in [0.1, 0.15) is 11.6 Å². The first-order chi connectivity index (χ1) is 15.2. The molecule has 2 aromatic carbocycles. The van der Waals surface area contributed by atoms with Gasteiger partial charge in [0.2, 0.25) is 0 Å². The van der Waals surface area contributed by atoms with E-state index in [4.69, 9.17) is 4.74 Å². The van der Waals surface area contributed by atoms with Crippen LogP contribution in [0.25, 0.3) is 5.57 Å². The van der Waals surface area contributed by atoms with E-state index < -0.39 is 18.2 Å². The van der Waals surface area contributed by atoms with Gasteiger partial charge in [-0.3, -0.25) is 4.79 Å². The minimum atomic E-state index is -1.03. The van der Waals surface area contributed by atoms with Gasteiger partial charge in [0.05, 0.1) is 25.2 Å². The summed E-state index contributed by atoms with van der Waals surface area (Å²) in [5, 5.41) is 20.4. The van der Waals surface area contributed by atoms with Crippen LogP contribution in [0.15, 0.2) is 66.3 Å². The van der Waals surface area contributed by atoms with Crippen LogP contribution in [0.2, 0.25) is 0 Å². The van der Waals surface area contributed by atoms with Crippen LogP contribution in [0.1, 0.15) is 44.7 Å². The van der Waals surface area contributed by atoms with E-state index in [1.807, 2.05) is 13.8 Å². The minimum Gasteiger partial charge on any atom is -0.466 e. The molecule has 0 aliphatic heterocycles. The molecule has 0 radical (unpaired) electrons. The van der Waals surface area contributed by atoms with Crippen LogP contribution in [-0.4, -0.2) is 35.0 Å². The lowest BCUT2D eigenvalue weighted by atomic mass is 9.87. The number of halogens is 2. The molecular formula is C26H30F2O4. The van der Waals surface area contributed by atoms with Gasteiger partial charge in [0.25, 0.3) is 0 Å². The van der Waals surface area contributed by atoms with Crippen molar-refractivity contribution in [3.8, 4) is 0 Å². The number of ether oxygens (including phenoxy) is 1. The highest BCUT2D eigenvalue weighted by molar-refractivity contribution is 5.83. The second kappa shape index (κ2) is 12.3. The van der Waals surface area contributed by atoms with Crippen LogP contribution in [0, 0.1) is 17.6 Å². The molecule has 2 aromatic rings. The second-order valence-corrected chi connectivity index (χ2v) is 7.82. The zero-order valence-electron chi connectivity index (χ0n) is 18.6. The third kappa shape index (κ3) is 7.70. The van der Waals surface area contributed by atoms with Crippen molar-refractivity contribution in [2.24, 2.45) is 5.92 Å². The van der Waals surface area contributed by atoms with Gasteiger partial charge in [-0.15, -0.1) is 0 Å². The fourth-order valence-corrected chi connectivity index (χ4v) is 3.37. The van der Waals surface area contributed by atoms with Crippen LogP contribution in [0.3, 0.4) is 0 Å². The molecule has 6 heteroatoms. The van der Waals surface area contributed by atoms with Gasteiger partial charge < -0.3 is 14.9 Å². The summed E-state index contributed by atoms with van der Waals surface area (Å²) >= 11 is 0. The Morgan fingerprint density at radius 3 is 1.91 bits per heavy atom. The van der Waals surface area contributed by atoms with Crippen LogP contribution >= 0.6 is 0 Å². The van der Waals surface area contributed by atoms with Crippen molar-refractivity contribution in [2.45, 2.75) is 45.8 Å². The van der Waals surface area contributed by atoms with Crippen molar-refractivity contribution in [1.82, 2.24) is 0 Å². The number of hydrogen-bond acceptors (Lipinski definition) is 4. The Hall–Kier alpha value is -2.83. The van der Waals surface area contributed by atoms with Crippen LogP contribution in [0.5, 0.6) is 0 Å². The van der Waals surface area contributed by atoms with Gasteiger partial charge in [-0.1, -0.05) is 50.3 Å². The molecule has 0 amide bonds. The molecule has 0 spiro atoms. The first kappa shape index (κ1) is 25.4. The SMILES string of the molecule is CCOC(=O)CC(O)CC(O)C=CC(=C(c1ccc(F)cc1)c1ccc(F)cc1)C(C)C. The summed E-state index contributed by atoms with van der Waals surface area (Å²) in [6.45, 7) is 5.87. The van der Waals surface area contributed by atoms with Crippen LogP contribution < -0.4 is 0 Å². The summed E-state index contributed by atoms with van der Waals surface area (Å²) in [5.41, 5.74) is 3.14. The molecule has 32 heavy (non-hydrogen) atoms. The first-order valence-electron chi connectivity index (χ1n) is 10.7. The quantitative estimate of drug-likeness (QED) is 0.398. The van der Waals surface area contributed by atoms with E-state index in [2.05, 4.69) is 0 Å². The number of allylic oxidation sites excluding steroid dienone is 2. The van der Waals surface area contributed by atoms with Crippen molar-refractivity contribution in [2.75, 3.05) is 6.61 Å². The van der Waals surface area contributed by atoms with Crippen molar-refractivity contribution < 1.29 is 28.5 Å². The van der Waals surface area contributed by atoms with E-state index in [9.17, 15) is 23.8 Å². The van der Waals surface area contributed by atoms with Crippen LogP contribution in [0.4, 0.5) is 8.78 Å². The number of rotatable bonds is 10. The molecule has 0 aliphatic carbocycles. The minimum absolute atomic E-state index is 0.0213. The highest BCUT2D eigenvalue weighted by atomic mass is 19.1. The highest BCUT2D eigenvalue weighted by Gasteiger charge is 2.17. The lowest BCUT2D eigenvalue weighted by molar-refractivity contribution is -0.145. The maximum absolute atomic E-state index is 13.5. The second-order valence-electron chi connectivity index (χ2n) is 7.82. The molecule has 2 rings (SSSR count). The van der Waals surface area contributed by atoms with E-state index in [1.54, 1.807) is 43.3 Å². The maximum Gasteiger partial charge on any atom is 0.308 e. The Morgan fingerprint density at radius 1 is 0.969 bits per heavy atom. The van der Waals surface area contributed by atoms with Gasteiger partial charge in [0, 0.05) is 6.42 Å². The van der Waals surface area contributed by atoms with Gasteiger partial charge in [-0.2, -0.15) is 0 Å². The highest BCUT2D eigenvalue weighted by Crippen LogP contribution is 2.32. The van der Waals surface area contributed by atoms with E-state index in [-0.39, 0.29) is 37.0 Å². The average Bonchev–Trinajstić information content (AvgIpc) is 2.72. The van der Waals surface area contributed by atoms with Crippen molar-refractivity contribution in [3.63, 3.8) is 0 Å². The lowest BCUT2D eigenvalue weighted by Gasteiger charge is -2.18. The van der Waals surface area contributed by atoms with Gasteiger partial charge in [0.15, 0.2) is 0 Å². The van der Waals surface area contributed by atoms with Crippen molar-refractivity contribution in [1.29, 1.82) is 0 Å². The lowest BCUT2D eigenvalue weighted by Crippen LogP contribution is -2.20. The largest absolute Gasteiger partial charge is 0.466 e. The fraction of sp³-hybridized carbons (Fsp3) is 0.346. The Morgan fingerprint density at radius 2 is 1.47 bits per heavy atom. The maximum atomic E-state index is 13.5. The number of benzene rings is 2. The van der Waals surface area contributed by atoms with Crippen molar-refractivity contribution in [3.05, 3.63) is 89.0 Å². The van der Waals surface area contributed by atoms with Crippen molar-refractivity contribution >= 4 is 11.5 Å². The van der Waals surface area contributed by atoms with E-state index >= 15 is 0 Å². The van der Waals surface area contributed by atoms with Gasteiger partial charge in [-0.25, -0.2) is 8.78 Å². The Balaban J connectivity index is 2.37. The molecule has 2 atom stereocenters. The van der Waals surface area contributed by atoms with Gasteiger partial charge >= 0.3 is 5.97 Å². The number of aliphatic hydroxyl groups excluding tert-OH is 2. The summed E-state index contributed by atoms with van der Waals surface area (Å²) in [6.07, 6.45) is 1.07. The smallest absolute Gasteiger partial charge is 0.308 e. The average molecular weight is 445 g/mol. The molecular weight excluding hydrogens is 414 g/mol. The Kier molecular flexibility index (Phi) is 9.75. The molecule has 4 nitrogen and oxygen atoms in total. The number of hydrogen-bond donors (Lipinski definition) is 2. The van der Waals surface area contributed by atoms with E-state index in [1.165, 1.54) is 24.3 Å². The summed E-state index contributed by atoms with van der Waals surface area (Å²) in [4.78, 5) is 11.5. The summed E-state index contributed by atoms with van der Waals surface area (Å²) in [5.74, 6) is -1.22. The fourth-order valence-electron chi connectivity index (χ4n) is 3.37. The zero-order chi connectivity index (χ0) is 23.7. The van der Waals surface area contributed by atoms with E-state index in [0.29, 0.717) is 0 Å². The number of carbonyl (C=O) groups is 1. The molecule has 0 aliphatic rings. The topological polar surface area (TPSA) is 66.8 Å². The molecule has 0 saturated heterocycles. The molecule has 0 bridgehead atoms. The molecule has 172 valence electrons. The van der Waals surface area contributed by atoms with E-state index in [0.717, 1.165) is 22.3 Å². The predicted molar refractivity (Wildman–Crippen MR) is 121 cm³/mol. The van der Waals surface area contributed by atoms with Crippen LogP contribution in [-0.2, 0) is 9.53 Å². The molecule has 0 heterocycles.